The molecule has 0 saturated carbocycles. The van der Waals surface area contributed by atoms with Crippen LogP contribution in [-0.4, -0.2) is 18.4 Å². The third kappa shape index (κ3) is 2.88. The molecule has 0 fully saturated rings. The Morgan fingerprint density at radius 2 is 2.12 bits per heavy atom. The molecule has 0 saturated heterocycles. The van der Waals surface area contributed by atoms with Crippen molar-refractivity contribution in [3.8, 4) is 6.07 Å². The molecule has 0 bridgehead atoms. The summed E-state index contributed by atoms with van der Waals surface area (Å²) < 4.78 is 17.9. The third-order valence-corrected chi connectivity index (χ3v) is 2.05. The number of hydrogen-bond acceptors (Lipinski definition) is 4. The van der Waals surface area contributed by atoms with Crippen LogP contribution >= 0.6 is 0 Å². The van der Waals surface area contributed by atoms with Gasteiger partial charge in [-0.05, 0) is 19.1 Å². The number of ketones is 1. The molecule has 1 aromatic rings. The molecular weight excluding hydrogens is 225 g/mol. The van der Waals surface area contributed by atoms with Crippen molar-refractivity contribution in [2.45, 2.75) is 6.92 Å². The van der Waals surface area contributed by atoms with Crippen molar-refractivity contribution in [3.05, 3.63) is 35.6 Å². The summed E-state index contributed by atoms with van der Waals surface area (Å²) in [6, 6.07) is 6.70. The van der Waals surface area contributed by atoms with Crippen LogP contribution in [0, 0.1) is 23.1 Å². The molecule has 0 spiro atoms. The van der Waals surface area contributed by atoms with Crippen LogP contribution in [0.5, 0.6) is 0 Å². The zero-order chi connectivity index (χ0) is 12.8. The first-order valence-corrected chi connectivity index (χ1v) is 4.96. The van der Waals surface area contributed by atoms with Crippen LogP contribution in [0.15, 0.2) is 24.3 Å². The Balaban J connectivity index is 3.00. The standard InChI is InChI=1S/C12H10FNO3/c1-2-17-12(16)9(7-14)11(15)8-5-3-4-6-10(8)13/h3-6,9H,2H2,1H3. The molecule has 0 aromatic heterocycles. The predicted molar refractivity (Wildman–Crippen MR) is 56.5 cm³/mol. The predicted octanol–water partition coefficient (Wildman–Crippen LogP) is 1.71. The Bertz CT molecular complexity index is 479. The average molecular weight is 235 g/mol. The second-order valence-electron chi connectivity index (χ2n) is 3.16. The molecule has 88 valence electrons. The fraction of sp³-hybridized carbons (Fsp3) is 0.250. The summed E-state index contributed by atoms with van der Waals surface area (Å²) in [5, 5.41) is 8.75. The normalized spacial score (nSPS) is 11.4. The van der Waals surface area contributed by atoms with Crippen molar-refractivity contribution >= 4 is 11.8 Å². The van der Waals surface area contributed by atoms with Gasteiger partial charge in [0.2, 0.25) is 5.92 Å². The fourth-order valence-electron chi connectivity index (χ4n) is 1.26. The van der Waals surface area contributed by atoms with Gasteiger partial charge >= 0.3 is 5.97 Å². The van der Waals surface area contributed by atoms with E-state index in [1.165, 1.54) is 24.3 Å². The number of esters is 1. The second-order valence-corrected chi connectivity index (χ2v) is 3.16. The highest BCUT2D eigenvalue weighted by Gasteiger charge is 2.30. The fourth-order valence-corrected chi connectivity index (χ4v) is 1.26. The zero-order valence-corrected chi connectivity index (χ0v) is 9.14. The van der Waals surface area contributed by atoms with Crippen LogP contribution in [-0.2, 0) is 9.53 Å². The zero-order valence-electron chi connectivity index (χ0n) is 9.14. The summed E-state index contributed by atoms with van der Waals surface area (Å²) >= 11 is 0. The summed E-state index contributed by atoms with van der Waals surface area (Å²) in [4.78, 5) is 23.1. The minimum atomic E-state index is -1.62. The maximum atomic E-state index is 13.3. The number of ether oxygens (including phenoxy) is 1. The Labute approximate surface area is 97.6 Å². The van der Waals surface area contributed by atoms with E-state index in [4.69, 9.17) is 5.26 Å². The van der Waals surface area contributed by atoms with Gasteiger partial charge in [-0.1, -0.05) is 12.1 Å². The van der Waals surface area contributed by atoms with E-state index in [1.807, 2.05) is 0 Å². The number of hydrogen-bond donors (Lipinski definition) is 0. The summed E-state index contributed by atoms with van der Waals surface area (Å²) in [5.41, 5.74) is -0.285. The van der Waals surface area contributed by atoms with E-state index in [9.17, 15) is 14.0 Å². The summed E-state index contributed by atoms with van der Waals surface area (Å²) in [7, 11) is 0. The molecule has 4 nitrogen and oxygen atoms in total. The van der Waals surface area contributed by atoms with E-state index in [0.29, 0.717) is 0 Å². The number of carbonyl (C=O) groups excluding carboxylic acids is 2. The van der Waals surface area contributed by atoms with E-state index in [-0.39, 0.29) is 12.2 Å². The number of nitrogens with zero attached hydrogens (tertiary/aromatic N) is 1. The van der Waals surface area contributed by atoms with Crippen molar-refractivity contribution in [1.82, 2.24) is 0 Å². The lowest BCUT2D eigenvalue weighted by atomic mass is 9.98. The molecule has 17 heavy (non-hydrogen) atoms. The molecule has 0 radical (unpaired) electrons. The lowest BCUT2D eigenvalue weighted by Crippen LogP contribution is -2.25. The largest absolute Gasteiger partial charge is 0.465 e. The van der Waals surface area contributed by atoms with Gasteiger partial charge in [0.1, 0.15) is 5.82 Å². The lowest BCUT2D eigenvalue weighted by molar-refractivity contribution is -0.144. The van der Waals surface area contributed by atoms with Crippen LogP contribution in [0.4, 0.5) is 4.39 Å². The lowest BCUT2D eigenvalue weighted by Gasteiger charge is -2.07. The van der Waals surface area contributed by atoms with E-state index in [0.717, 1.165) is 6.07 Å². The maximum absolute atomic E-state index is 13.3. The second kappa shape index (κ2) is 5.75. The Kier molecular flexibility index (Phi) is 4.35. The van der Waals surface area contributed by atoms with Crippen molar-refractivity contribution in [2.24, 2.45) is 5.92 Å². The average Bonchev–Trinajstić information content (AvgIpc) is 2.30. The molecule has 1 atom stereocenters. The quantitative estimate of drug-likeness (QED) is 0.452. The number of nitriles is 1. The molecular formula is C12H10FNO3. The molecule has 0 aliphatic heterocycles. The highest BCUT2D eigenvalue weighted by molar-refractivity contribution is 6.10. The highest BCUT2D eigenvalue weighted by atomic mass is 19.1. The summed E-state index contributed by atoms with van der Waals surface area (Å²) in [6.45, 7) is 1.61. The Morgan fingerprint density at radius 3 is 2.65 bits per heavy atom. The first-order chi connectivity index (χ1) is 8.11. The third-order valence-electron chi connectivity index (χ3n) is 2.05. The van der Waals surface area contributed by atoms with Gasteiger partial charge in [-0.2, -0.15) is 5.26 Å². The van der Waals surface area contributed by atoms with Crippen molar-refractivity contribution in [1.29, 1.82) is 5.26 Å². The number of carbonyl (C=O) groups is 2. The van der Waals surface area contributed by atoms with E-state index >= 15 is 0 Å². The molecule has 0 heterocycles. The Morgan fingerprint density at radius 1 is 1.47 bits per heavy atom. The van der Waals surface area contributed by atoms with Gasteiger partial charge in [0.05, 0.1) is 18.2 Å². The van der Waals surface area contributed by atoms with Crippen molar-refractivity contribution < 1.29 is 18.7 Å². The van der Waals surface area contributed by atoms with E-state index in [2.05, 4.69) is 4.74 Å². The first kappa shape index (κ1) is 12.8. The monoisotopic (exact) mass is 235 g/mol. The molecule has 0 aliphatic carbocycles. The van der Waals surface area contributed by atoms with Gasteiger partial charge in [-0.15, -0.1) is 0 Å². The van der Waals surface area contributed by atoms with Gasteiger partial charge in [0.25, 0.3) is 0 Å². The molecule has 1 aromatic carbocycles. The smallest absolute Gasteiger partial charge is 0.331 e. The highest BCUT2D eigenvalue weighted by Crippen LogP contribution is 2.13. The topological polar surface area (TPSA) is 67.2 Å². The van der Waals surface area contributed by atoms with Crippen LogP contribution in [0.1, 0.15) is 17.3 Å². The molecule has 1 rings (SSSR count). The van der Waals surface area contributed by atoms with Crippen LogP contribution in [0.2, 0.25) is 0 Å². The van der Waals surface area contributed by atoms with E-state index < -0.39 is 23.5 Å². The molecule has 0 N–H and O–H groups in total. The van der Waals surface area contributed by atoms with Gasteiger partial charge in [0.15, 0.2) is 5.78 Å². The van der Waals surface area contributed by atoms with Gasteiger partial charge in [-0.25, -0.2) is 4.39 Å². The molecule has 0 amide bonds. The van der Waals surface area contributed by atoms with Gasteiger partial charge in [0, 0.05) is 0 Å². The van der Waals surface area contributed by atoms with Crippen LogP contribution < -0.4 is 0 Å². The minimum absolute atomic E-state index is 0.0571. The van der Waals surface area contributed by atoms with Gasteiger partial charge < -0.3 is 4.74 Å². The number of halogens is 1. The summed E-state index contributed by atoms with van der Waals surface area (Å²) in [6.07, 6.45) is 0. The maximum Gasteiger partial charge on any atom is 0.331 e. The number of benzene rings is 1. The van der Waals surface area contributed by atoms with E-state index in [1.54, 1.807) is 6.92 Å². The van der Waals surface area contributed by atoms with Crippen molar-refractivity contribution in [2.75, 3.05) is 6.61 Å². The number of Topliss-reactive ketones (excluding diaryl/α,β-unsaturated/α-hetero) is 1. The first-order valence-electron chi connectivity index (χ1n) is 4.96. The molecule has 1 unspecified atom stereocenters. The minimum Gasteiger partial charge on any atom is -0.465 e. The van der Waals surface area contributed by atoms with Gasteiger partial charge in [-0.3, -0.25) is 9.59 Å². The van der Waals surface area contributed by atoms with Crippen molar-refractivity contribution in [3.63, 3.8) is 0 Å². The Hall–Kier alpha value is -2.22. The molecule has 5 heteroatoms. The van der Waals surface area contributed by atoms with Crippen LogP contribution in [0.3, 0.4) is 0 Å². The summed E-state index contributed by atoms with van der Waals surface area (Å²) in [5.74, 6) is -4.22. The SMILES string of the molecule is CCOC(=O)C(C#N)C(=O)c1ccccc1F. The number of rotatable bonds is 4. The molecule has 0 aliphatic rings. The van der Waals surface area contributed by atoms with Crippen LogP contribution in [0.25, 0.3) is 0 Å².